The van der Waals surface area contributed by atoms with Crippen LogP contribution in [-0.2, 0) is 14.3 Å². The summed E-state index contributed by atoms with van der Waals surface area (Å²) in [5, 5.41) is 5.53. The molecular weight excluding hydrogens is 448 g/mol. The first-order valence-corrected chi connectivity index (χ1v) is 11.3. The van der Waals surface area contributed by atoms with Gasteiger partial charge >= 0.3 is 12.0 Å². The van der Waals surface area contributed by atoms with Gasteiger partial charge in [0.2, 0.25) is 0 Å². The van der Waals surface area contributed by atoms with Crippen molar-refractivity contribution < 1.29 is 19.1 Å². The number of hydrogen-bond acceptors (Lipinski definition) is 4. The minimum atomic E-state index is -0.665. The molecular formula is C23H35BrN2O4. The fourth-order valence-corrected chi connectivity index (χ4v) is 3.29. The smallest absolute Gasteiger partial charge is 0.319 e. The van der Waals surface area contributed by atoms with Gasteiger partial charge in [0.05, 0.1) is 12.0 Å². The maximum atomic E-state index is 13.0. The summed E-state index contributed by atoms with van der Waals surface area (Å²) in [4.78, 5) is 38.0. The number of carbonyl (C=O) groups excluding carboxylic acids is 3. The number of esters is 1. The van der Waals surface area contributed by atoms with E-state index in [4.69, 9.17) is 4.74 Å². The number of amides is 2. The van der Waals surface area contributed by atoms with Gasteiger partial charge in [0.25, 0.3) is 0 Å². The predicted octanol–water partition coefficient (Wildman–Crippen LogP) is 5.70. The summed E-state index contributed by atoms with van der Waals surface area (Å²) in [5.41, 5.74) is 0.0239. The van der Waals surface area contributed by atoms with Crippen molar-refractivity contribution >= 4 is 39.4 Å². The third-order valence-electron chi connectivity index (χ3n) is 4.33. The zero-order chi connectivity index (χ0) is 22.9. The molecule has 2 atom stereocenters. The molecule has 0 aliphatic heterocycles. The molecule has 0 unspecified atom stereocenters. The maximum absolute atomic E-state index is 13.0. The van der Waals surface area contributed by atoms with Gasteiger partial charge in [-0.1, -0.05) is 43.1 Å². The molecule has 0 aromatic heterocycles. The van der Waals surface area contributed by atoms with Crippen molar-refractivity contribution in [1.82, 2.24) is 5.32 Å². The molecule has 0 heterocycles. The monoisotopic (exact) mass is 482 g/mol. The summed E-state index contributed by atoms with van der Waals surface area (Å²) in [6, 6.07) is 6.07. The Bertz CT molecular complexity index is 711. The van der Waals surface area contributed by atoms with Crippen molar-refractivity contribution in [3.63, 3.8) is 0 Å². The molecule has 0 aliphatic rings. The van der Waals surface area contributed by atoms with Crippen LogP contribution < -0.4 is 10.6 Å². The first-order valence-electron chi connectivity index (χ1n) is 10.5. The van der Waals surface area contributed by atoms with E-state index in [1.54, 1.807) is 12.1 Å². The van der Waals surface area contributed by atoms with Crippen LogP contribution in [0.3, 0.4) is 0 Å². The Morgan fingerprint density at radius 1 is 1.10 bits per heavy atom. The number of carbonyl (C=O) groups is 3. The van der Waals surface area contributed by atoms with Crippen LogP contribution in [0.4, 0.5) is 10.5 Å². The Hall–Kier alpha value is -1.89. The molecule has 6 nitrogen and oxygen atoms in total. The van der Waals surface area contributed by atoms with Gasteiger partial charge in [-0.25, -0.2) is 4.79 Å². The molecule has 0 spiro atoms. The van der Waals surface area contributed by atoms with Crippen molar-refractivity contribution in [2.75, 3.05) is 5.32 Å². The lowest BCUT2D eigenvalue weighted by atomic mass is 9.91. The van der Waals surface area contributed by atoms with E-state index in [1.807, 2.05) is 53.7 Å². The molecule has 1 rings (SSSR count). The van der Waals surface area contributed by atoms with Crippen LogP contribution in [0.15, 0.2) is 28.7 Å². The van der Waals surface area contributed by atoms with Gasteiger partial charge in [0.15, 0.2) is 5.78 Å². The van der Waals surface area contributed by atoms with Crippen LogP contribution in [0.5, 0.6) is 0 Å². The van der Waals surface area contributed by atoms with E-state index >= 15 is 0 Å². The minimum absolute atomic E-state index is 0.0543. The van der Waals surface area contributed by atoms with Crippen LogP contribution in [0.2, 0.25) is 0 Å². The minimum Gasteiger partial charge on any atom is -0.460 e. The summed E-state index contributed by atoms with van der Waals surface area (Å²) in [6.45, 7) is 11.4. The lowest BCUT2D eigenvalue weighted by Gasteiger charge is -2.25. The van der Waals surface area contributed by atoms with Crippen LogP contribution in [-0.4, -0.2) is 29.4 Å². The van der Waals surface area contributed by atoms with Crippen LogP contribution in [0.25, 0.3) is 0 Å². The number of urea groups is 1. The first-order chi connectivity index (χ1) is 13.9. The number of ketones is 1. The second-order valence-electron chi connectivity index (χ2n) is 8.98. The number of halogens is 1. The molecule has 1 aromatic carbocycles. The molecule has 168 valence electrons. The van der Waals surface area contributed by atoms with Crippen molar-refractivity contribution in [1.29, 1.82) is 0 Å². The average Bonchev–Trinajstić information content (AvgIpc) is 2.60. The SMILES string of the molecule is CCC[C@H](CC(=O)[C@H](CC(C)C)NC(=O)Nc1ccc(Br)cc1)C(=O)OC(C)(C)C. The summed E-state index contributed by atoms with van der Waals surface area (Å²) >= 11 is 3.35. The molecule has 0 saturated carbocycles. The number of rotatable bonds is 10. The Morgan fingerprint density at radius 2 is 1.70 bits per heavy atom. The lowest BCUT2D eigenvalue weighted by molar-refractivity contribution is -0.161. The Labute approximate surface area is 188 Å². The van der Waals surface area contributed by atoms with Gasteiger partial charge in [0.1, 0.15) is 5.60 Å². The molecule has 2 amide bonds. The third-order valence-corrected chi connectivity index (χ3v) is 4.86. The number of anilines is 1. The highest BCUT2D eigenvalue weighted by atomic mass is 79.9. The molecule has 0 aliphatic carbocycles. The van der Waals surface area contributed by atoms with Crippen molar-refractivity contribution in [3.05, 3.63) is 28.7 Å². The summed E-state index contributed by atoms with van der Waals surface area (Å²) in [6.07, 6.45) is 1.89. The molecule has 7 heteroatoms. The van der Waals surface area contributed by atoms with Crippen LogP contribution in [0, 0.1) is 11.8 Å². The van der Waals surface area contributed by atoms with Gasteiger partial charge in [0, 0.05) is 16.6 Å². The number of Topliss-reactive ketones (excluding diaryl/α,β-unsaturated/α-hetero) is 1. The van der Waals surface area contributed by atoms with Crippen molar-refractivity contribution in [2.24, 2.45) is 11.8 Å². The highest BCUT2D eigenvalue weighted by Crippen LogP contribution is 2.21. The molecule has 0 radical (unpaired) electrons. The second kappa shape index (κ2) is 12.1. The standard InChI is InChI=1S/C23H35BrN2O4/c1-7-8-16(21(28)30-23(4,5)6)14-20(27)19(13-15(2)3)26-22(29)25-18-11-9-17(24)10-12-18/h9-12,15-16,19H,7-8,13-14H2,1-6H3,(H2,25,26,29)/t16-,19+/m1/s1. The predicted molar refractivity (Wildman–Crippen MR) is 123 cm³/mol. The van der Waals surface area contributed by atoms with E-state index in [0.717, 1.165) is 10.9 Å². The zero-order valence-electron chi connectivity index (χ0n) is 18.9. The van der Waals surface area contributed by atoms with E-state index in [2.05, 4.69) is 26.6 Å². The molecule has 0 saturated heterocycles. The summed E-state index contributed by atoms with van der Waals surface area (Å²) in [5.74, 6) is -0.815. The highest BCUT2D eigenvalue weighted by molar-refractivity contribution is 9.10. The van der Waals surface area contributed by atoms with Crippen LogP contribution in [0.1, 0.15) is 67.2 Å². The quantitative estimate of drug-likeness (QED) is 0.418. The van der Waals surface area contributed by atoms with Crippen molar-refractivity contribution in [2.45, 2.75) is 78.9 Å². The van der Waals surface area contributed by atoms with E-state index in [9.17, 15) is 14.4 Å². The molecule has 0 fully saturated rings. The second-order valence-corrected chi connectivity index (χ2v) is 9.89. The van der Waals surface area contributed by atoms with E-state index < -0.39 is 23.6 Å². The molecule has 1 aromatic rings. The Balaban J connectivity index is 2.83. The normalized spacial score (nSPS) is 13.5. The zero-order valence-corrected chi connectivity index (χ0v) is 20.5. The maximum Gasteiger partial charge on any atom is 0.319 e. The van der Waals surface area contributed by atoms with Gasteiger partial charge in [-0.15, -0.1) is 0 Å². The van der Waals surface area contributed by atoms with E-state index in [-0.39, 0.29) is 24.1 Å². The average molecular weight is 483 g/mol. The molecule has 30 heavy (non-hydrogen) atoms. The van der Waals surface area contributed by atoms with E-state index in [1.165, 1.54) is 0 Å². The van der Waals surface area contributed by atoms with Gasteiger partial charge in [-0.05, 0) is 63.8 Å². The Kier molecular flexibility index (Phi) is 10.5. The van der Waals surface area contributed by atoms with Crippen molar-refractivity contribution in [3.8, 4) is 0 Å². The topological polar surface area (TPSA) is 84.5 Å². The fourth-order valence-electron chi connectivity index (χ4n) is 3.02. The largest absolute Gasteiger partial charge is 0.460 e. The van der Waals surface area contributed by atoms with E-state index in [0.29, 0.717) is 18.5 Å². The number of ether oxygens (including phenoxy) is 1. The number of benzene rings is 1. The fraction of sp³-hybridized carbons (Fsp3) is 0.609. The number of hydrogen-bond donors (Lipinski definition) is 2. The van der Waals surface area contributed by atoms with Crippen LogP contribution >= 0.6 is 15.9 Å². The molecule has 0 bridgehead atoms. The first kappa shape index (κ1) is 26.1. The summed E-state index contributed by atoms with van der Waals surface area (Å²) in [7, 11) is 0. The highest BCUT2D eigenvalue weighted by Gasteiger charge is 2.30. The molecule has 2 N–H and O–H groups in total. The summed E-state index contributed by atoms with van der Waals surface area (Å²) < 4.78 is 6.40. The van der Waals surface area contributed by atoms with Gasteiger partial charge in [-0.3, -0.25) is 9.59 Å². The lowest BCUT2D eigenvalue weighted by Crippen LogP contribution is -2.45. The van der Waals surface area contributed by atoms with Gasteiger partial charge in [-0.2, -0.15) is 0 Å². The third kappa shape index (κ3) is 10.2. The number of nitrogens with one attached hydrogen (secondary N) is 2. The Morgan fingerprint density at radius 3 is 2.20 bits per heavy atom. The van der Waals surface area contributed by atoms with Gasteiger partial charge < -0.3 is 15.4 Å².